The van der Waals surface area contributed by atoms with Crippen molar-refractivity contribution in [1.82, 2.24) is 10.2 Å². The molecule has 1 heterocycles. The van der Waals surface area contributed by atoms with Crippen molar-refractivity contribution in [3.63, 3.8) is 0 Å². The Morgan fingerprint density at radius 2 is 2.00 bits per heavy atom. The van der Waals surface area contributed by atoms with Gasteiger partial charge in [-0.25, -0.2) is 4.39 Å². The lowest BCUT2D eigenvalue weighted by Gasteiger charge is -2.44. The predicted octanol–water partition coefficient (Wildman–Crippen LogP) is 4.30. The molecule has 2 aromatic rings. The van der Waals surface area contributed by atoms with Crippen LogP contribution in [0.3, 0.4) is 0 Å². The molecule has 2 aliphatic rings. The summed E-state index contributed by atoms with van der Waals surface area (Å²) in [6.45, 7) is 1.49. The van der Waals surface area contributed by atoms with Gasteiger partial charge in [0.05, 0.1) is 6.04 Å². The van der Waals surface area contributed by atoms with Gasteiger partial charge in [0, 0.05) is 32.4 Å². The molecule has 0 radical (unpaired) electrons. The fraction of sp³-hybridized carbons (Fsp3) is 0.407. The van der Waals surface area contributed by atoms with Crippen LogP contribution in [0.5, 0.6) is 0 Å². The van der Waals surface area contributed by atoms with E-state index in [0.717, 1.165) is 43.2 Å². The molecule has 1 saturated heterocycles. The molecule has 180 valence electrons. The lowest BCUT2D eigenvalue weighted by Crippen LogP contribution is -2.54. The van der Waals surface area contributed by atoms with Crippen molar-refractivity contribution in [1.29, 1.82) is 0 Å². The summed E-state index contributed by atoms with van der Waals surface area (Å²) >= 11 is 0. The topological polar surface area (TPSA) is 67.9 Å². The van der Waals surface area contributed by atoms with Crippen LogP contribution in [0.1, 0.15) is 53.6 Å². The molecule has 2 amide bonds. The van der Waals surface area contributed by atoms with E-state index in [1.807, 2.05) is 11.0 Å². The normalized spacial score (nSPS) is 21.2. The number of hydrogen-bond donors (Lipinski definition) is 1. The molecule has 2 unspecified atom stereocenters. The van der Waals surface area contributed by atoms with E-state index in [2.05, 4.69) is 5.32 Å². The van der Waals surface area contributed by atoms with Crippen molar-refractivity contribution in [3.05, 3.63) is 76.8 Å². The third-order valence-corrected chi connectivity index (χ3v) is 6.34. The number of nitrogens with one attached hydrogen (secondary N) is 1. The van der Waals surface area contributed by atoms with Crippen LogP contribution < -0.4 is 5.32 Å². The van der Waals surface area contributed by atoms with Gasteiger partial charge in [-0.05, 0) is 67.2 Å². The lowest BCUT2D eigenvalue weighted by atomic mass is 9.89. The quantitative estimate of drug-likeness (QED) is 0.465. The number of benzene rings is 2. The van der Waals surface area contributed by atoms with E-state index in [4.69, 9.17) is 9.47 Å². The van der Waals surface area contributed by atoms with Crippen molar-refractivity contribution in [2.75, 3.05) is 20.3 Å². The summed E-state index contributed by atoms with van der Waals surface area (Å²) in [4.78, 5) is 27.5. The summed E-state index contributed by atoms with van der Waals surface area (Å²) in [5, 5.41) is 2.86. The van der Waals surface area contributed by atoms with E-state index < -0.39 is 0 Å². The van der Waals surface area contributed by atoms with Crippen LogP contribution in [-0.2, 0) is 20.8 Å². The number of methoxy groups -OCH3 is 1. The average Bonchev–Trinajstić information content (AvgIpc) is 2.85. The van der Waals surface area contributed by atoms with Crippen LogP contribution >= 0.6 is 0 Å². The smallest absolute Gasteiger partial charge is 0.289 e. The first-order valence-corrected chi connectivity index (χ1v) is 11.9. The molecule has 0 aromatic heterocycles. The summed E-state index contributed by atoms with van der Waals surface area (Å²) in [5.41, 5.74) is 2.09. The Morgan fingerprint density at radius 3 is 2.76 bits per heavy atom. The molecule has 4 rings (SSSR count). The molecule has 1 aliphatic carbocycles. The number of hydrogen-bond acceptors (Lipinski definition) is 4. The second-order valence-electron chi connectivity index (χ2n) is 8.80. The molecule has 0 bridgehead atoms. The molecule has 34 heavy (non-hydrogen) atoms. The van der Waals surface area contributed by atoms with Gasteiger partial charge in [-0.1, -0.05) is 30.7 Å². The van der Waals surface area contributed by atoms with Gasteiger partial charge in [-0.2, -0.15) is 0 Å². The number of morpholine rings is 1. The van der Waals surface area contributed by atoms with Crippen molar-refractivity contribution >= 4 is 17.9 Å². The molecule has 7 heteroatoms. The predicted molar refractivity (Wildman–Crippen MR) is 127 cm³/mol. The van der Waals surface area contributed by atoms with Gasteiger partial charge in [-0.15, -0.1) is 0 Å². The Kier molecular flexibility index (Phi) is 7.95. The van der Waals surface area contributed by atoms with Gasteiger partial charge in [-0.3, -0.25) is 9.59 Å². The highest BCUT2D eigenvalue weighted by Gasteiger charge is 2.41. The number of nitrogens with zero attached hydrogens (tertiary/aromatic N) is 1. The van der Waals surface area contributed by atoms with Crippen LogP contribution in [-0.4, -0.2) is 49.1 Å². The maximum atomic E-state index is 13.7. The summed E-state index contributed by atoms with van der Waals surface area (Å²) in [6, 6.07) is 13.5. The van der Waals surface area contributed by atoms with Crippen LogP contribution in [0.15, 0.2) is 54.3 Å². The minimum Gasteiger partial charge on any atom is -0.482 e. The molecular formula is C27H31FN2O4. The summed E-state index contributed by atoms with van der Waals surface area (Å²) in [6.07, 6.45) is 6.29. The van der Waals surface area contributed by atoms with E-state index >= 15 is 0 Å². The minimum atomic E-state index is -0.308. The summed E-state index contributed by atoms with van der Waals surface area (Å²) in [7, 11) is 1.63. The van der Waals surface area contributed by atoms with Crippen molar-refractivity contribution in [2.24, 2.45) is 0 Å². The van der Waals surface area contributed by atoms with E-state index in [-0.39, 0.29) is 35.5 Å². The number of halogens is 1. The monoisotopic (exact) mass is 466 g/mol. The Hall–Kier alpha value is -3.19. The van der Waals surface area contributed by atoms with E-state index in [0.29, 0.717) is 25.3 Å². The van der Waals surface area contributed by atoms with Crippen molar-refractivity contribution in [3.8, 4) is 0 Å². The second-order valence-corrected chi connectivity index (χ2v) is 8.80. The molecule has 2 atom stereocenters. The highest BCUT2D eigenvalue weighted by atomic mass is 19.1. The van der Waals surface area contributed by atoms with Crippen LogP contribution in [0.4, 0.5) is 4.39 Å². The fourth-order valence-electron chi connectivity index (χ4n) is 4.60. The van der Waals surface area contributed by atoms with Crippen molar-refractivity contribution in [2.45, 2.75) is 50.8 Å². The summed E-state index contributed by atoms with van der Waals surface area (Å²) in [5.74, 6) is -0.354. The third-order valence-electron chi connectivity index (χ3n) is 6.34. The van der Waals surface area contributed by atoms with Gasteiger partial charge in [0.2, 0.25) is 0 Å². The van der Waals surface area contributed by atoms with E-state index in [1.165, 1.54) is 12.1 Å². The van der Waals surface area contributed by atoms with E-state index in [1.54, 1.807) is 43.5 Å². The largest absolute Gasteiger partial charge is 0.482 e. The molecule has 1 saturated carbocycles. The zero-order valence-corrected chi connectivity index (χ0v) is 19.5. The number of amides is 2. The zero-order chi connectivity index (χ0) is 23.9. The maximum Gasteiger partial charge on any atom is 0.289 e. The number of rotatable bonds is 8. The minimum absolute atomic E-state index is 0.00847. The van der Waals surface area contributed by atoms with Gasteiger partial charge in [0.25, 0.3) is 11.8 Å². The van der Waals surface area contributed by atoms with Gasteiger partial charge in [0.1, 0.15) is 11.9 Å². The first-order chi connectivity index (χ1) is 16.5. The molecule has 6 nitrogen and oxygen atoms in total. The maximum absolute atomic E-state index is 13.7. The number of carbonyl (C=O) groups excluding carboxylic acids is 2. The van der Waals surface area contributed by atoms with Gasteiger partial charge < -0.3 is 19.7 Å². The highest BCUT2D eigenvalue weighted by Crippen LogP contribution is 2.34. The second kappa shape index (κ2) is 11.3. The number of fused-ring (bicyclic) bond motifs is 1. The Labute approximate surface area is 199 Å². The molecule has 1 N–H and O–H groups in total. The zero-order valence-electron chi connectivity index (χ0n) is 19.5. The number of carbonyl (C=O) groups is 2. The average molecular weight is 467 g/mol. The standard InChI is InChI=1S/C27H31FN2O4/c1-33-15-5-14-29-26(31)21-12-10-19(11-13-21)17-25-27(32)30(18-20-6-4-7-22(28)16-20)23-8-2-3-9-24(23)34-25/h4,6-7,10-13,16-17,23-24H,2-3,5,8-9,14-15,18H2,1H3,(H,29,31)/b25-17-. The van der Waals surface area contributed by atoms with Gasteiger partial charge in [0.15, 0.2) is 5.76 Å². The highest BCUT2D eigenvalue weighted by molar-refractivity contribution is 5.97. The molecule has 2 aromatic carbocycles. The fourth-order valence-corrected chi connectivity index (χ4v) is 4.60. The molecule has 1 aliphatic heterocycles. The van der Waals surface area contributed by atoms with Gasteiger partial charge >= 0.3 is 0 Å². The summed E-state index contributed by atoms with van der Waals surface area (Å²) < 4.78 is 24.9. The van der Waals surface area contributed by atoms with Crippen LogP contribution in [0.2, 0.25) is 0 Å². The molecular weight excluding hydrogens is 435 g/mol. The van der Waals surface area contributed by atoms with Crippen molar-refractivity contribution < 1.29 is 23.5 Å². The SMILES string of the molecule is COCCCNC(=O)c1ccc(/C=C2\OC3CCCCC3N(Cc3cccc(F)c3)C2=O)cc1. The van der Waals surface area contributed by atoms with Crippen LogP contribution in [0.25, 0.3) is 6.08 Å². The first-order valence-electron chi connectivity index (χ1n) is 11.9. The Balaban J connectivity index is 1.49. The first kappa shape index (κ1) is 24.0. The molecule has 0 spiro atoms. The van der Waals surface area contributed by atoms with Crippen LogP contribution in [0, 0.1) is 5.82 Å². The number of ether oxygens (including phenoxy) is 2. The Morgan fingerprint density at radius 1 is 1.21 bits per heavy atom. The third kappa shape index (κ3) is 5.83. The Bertz CT molecular complexity index is 1040. The van der Waals surface area contributed by atoms with E-state index in [9.17, 15) is 14.0 Å². The molecule has 2 fully saturated rings. The lowest BCUT2D eigenvalue weighted by molar-refractivity contribution is -0.149.